The molecule has 25 nitrogen and oxygen atoms in total. The number of nitrogens with one attached hydrogen (secondary N) is 2. The Morgan fingerprint density at radius 1 is 0.448 bits per heavy atom. The standard InChI is InChI=1S/C35H22Cl3N9O16S4/c36-21-9-17(64(52,53)54)11-23(31(21)50)44-46-27-25(66(58,59)60)7-13-5-15(1-3-19(13)29(27)48)39-34-41-33(38)42-35(43-34)40-16-2-4-20-14(6-16)8-26(67(61,62)63)28(30(20)49)47-45-24-12-18(65(55,56)57)10-22(37)32(24)51/h1-12,48-51H,(H,52,53,54)(H,55,56,57)(H,58,59,60)(H,61,62,63)(H2,39,40,41,42,43). The molecule has 0 aliphatic rings. The highest BCUT2D eigenvalue weighted by Gasteiger charge is 2.25. The average Bonchev–Trinajstić information content (AvgIpc) is 3.20. The highest BCUT2D eigenvalue weighted by molar-refractivity contribution is 7.86. The van der Waals surface area contributed by atoms with Gasteiger partial charge < -0.3 is 31.1 Å². The fourth-order valence-corrected chi connectivity index (χ4v) is 9.03. The van der Waals surface area contributed by atoms with E-state index in [1.54, 1.807) is 0 Å². The minimum Gasteiger partial charge on any atom is -0.505 e. The summed E-state index contributed by atoms with van der Waals surface area (Å²) < 4.78 is 135. The third-order valence-electron chi connectivity index (χ3n) is 8.92. The minimum absolute atomic E-state index is 0.0333. The molecule has 0 saturated heterocycles. The molecule has 0 spiro atoms. The molecule has 10 N–H and O–H groups in total. The van der Waals surface area contributed by atoms with Crippen molar-refractivity contribution in [3.8, 4) is 23.0 Å². The van der Waals surface area contributed by atoms with Crippen LogP contribution in [-0.4, -0.2) is 87.3 Å². The molecule has 32 heteroatoms. The summed E-state index contributed by atoms with van der Waals surface area (Å²) in [5.41, 5.74) is -2.77. The zero-order valence-electron chi connectivity index (χ0n) is 32.2. The third kappa shape index (κ3) is 10.4. The molecule has 0 saturated carbocycles. The molecule has 0 aliphatic heterocycles. The Labute approximate surface area is 389 Å². The maximum atomic E-state index is 12.5. The lowest BCUT2D eigenvalue weighted by Gasteiger charge is -2.13. The Morgan fingerprint density at radius 2 is 0.821 bits per heavy atom. The maximum absolute atomic E-state index is 12.5. The molecular formula is C35H22Cl3N9O16S4. The van der Waals surface area contributed by atoms with Crippen molar-refractivity contribution in [1.29, 1.82) is 0 Å². The molecule has 7 aromatic rings. The van der Waals surface area contributed by atoms with Crippen molar-refractivity contribution in [2.45, 2.75) is 19.6 Å². The zero-order valence-corrected chi connectivity index (χ0v) is 37.7. The van der Waals surface area contributed by atoms with Crippen LogP contribution in [0, 0.1) is 0 Å². The van der Waals surface area contributed by atoms with E-state index in [-0.39, 0.29) is 50.1 Å². The minimum atomic E-state index is -5.18. The Morgan fingerprint density at radius 3 is 1.16 bits per heavy atom. The molecule has 0 atom stereocenters. The van der Waals surface area contributed by atoms with Gasteiger partial charge in [-0.15, -0.1) is 20.5 Å². The van der Waals surface area contributed by atoms with Crippen molar-refractivity contribution >= 4 is 143 Å². The summed E-state index contributed by atoms with van der Waals surface area (Å²) in [5, 5.41) is 61.0. The first-order valence-corrected chi connectivity index (χ1v) is 24.3. The summed E-state index contributed by atoms with van der Waals surface area (Å²) in [4.78, 5) is 8.59. The average molecular weight is 1060 g/mol. The summed E-state index contributed by atoms with van der Waals surface area (Å²) in [6.07, 6.45) is 0. The second kappa shape index (κ2) is 17.5. The van der Waals surface area contributed by atoms with Gasteiger partial charge in [-0.1, -0.05) is 23.2 Å². The molecule has 0 aliphatic carbocycles. The van der Waals surface area contributed by atoms with Crippen molar-refractivity contribution in [3.63, 3.8) is 0 Å². The van der Waals surface area contributed by atoms with E-state index in [2.05, 4.69) is 46.0 Å². The first-order chi connectivity index (χ1) is 31.1. The number of rotatable bonds is 12. The number of hydrogen-bond donors (Lipinski definition) is 10. The van der Waals surface area contributed by atoms with Crippen LogP contribution in [0.25, 0.3) is 21.5 Å². The summed E-state index contributed by atoms with van der Waals surface area (Å²) in [5.74, 6) is -3.82. The highest BCUT2D eigenvalue weighted by atomic mass is 35.5. The van der Waals surface area contributed by atoms with Crippen molar-refractivity contribution in [3.05, 3.63) is 88.1 Å². The molecule has 0 fully saturated rings. The fourth-order valence-electron chi connectivity index (χ4n) is 5.94. The molecular weight excluding hydrogens is 1040 g/mol. The van der Waals surface area contributed by atoms with Crippen LogP contribution in [0.15, 0.2) is 113 Å². The number of nitrogens with zero attached hydrogens (tertiary/aromatic N) is 7. The second-order valence-electron chi connectivity index (χ2n) is 13.4. The second-order valence-corrected chi connectivity index (χ2v) is 20.1. The molecule has 348 valence electrons. The van der Waals surface area contributed by atoms with E-state index in [0.717, 1.165) is 12.1 Å². The number of hydrogen-bond acceptors (Lipinski definition) is 21. The van der Waals surface area contributed by atoms with Crippen LogP contribution in [-0.2, 0) is 40.5 Å². The van der Waals surface area contributed by atoms with Gasteiger partial charge in [-0.05, 0) is 95.2 Å². The van der Waals surface area contributed by atoms with E-state index < -0.39 is 116 Å². The smallest absolute Gasteiger partial charge is 0.296 e. The lowest BCUT2D eigenvalue weighted by atomic mass is 10.1. The van der Waals surface area contributed by atoms with Crippen LogP contribution in [0.3, 0.4) is 0 Å². The summed E-state index contributed by atoms with van der Waals surface area (Å²) in [6.45, 7) is 0. The number of fused-ring (bicyclic) bond motifs is 2. The van der Waals surface area contributed by atoms with Gasteiger partial charge in [0.15, 0.2) is 23.0 Å². The van der Waals surface area contributed by atoms with E-state index >= 15 is 0 Å². The number of anilines is 4. The molecule has 0 amide bonds. The number of aromatic hydroxyl groups is 4. The number of azo groups is 2. The van der Waals surface area contributed by atoms with Crippen molar-refractivity contribution in [1.82, 2.24) is 15.0 Å². The van der Waals surface area contributed by atoms with Crippen molar-refractivity contribution < 1.29 is 72.3 Å². The van der Waals surface area contributed by atoms with E-state index in [1.807, 2.05) is 0 Å². The first-order valence-electron chi connectivity index (χ1n) is 17.4. The van der Waals surface area contributed by atoms with E-state index in [4.69, 9.17) is 34.8 Å². The molecule has 0 bridgehead atoms. The lowest BCUT2D eigenvalue weighted by molar-refractivity contribution is 0.470. The first kappa shape index (κ1) is 48.3. The van der Waals surface area contributed by atoms with Crippen LogP contribution in [0.1, 0.15) is 0 Å². The van der Waals surface area contributed by atoms with Gasteiger partial charge in [0.1, 0.15) is 32.5 Å². The van der Waals surface area contributed by atoms with E-state index in [9.17, 15) is 72.3 Å². The Hall–Kier alpha value is -6.64. The summed E-state index contributed by atoms with van der Waals surface area (Å²) in [6, 6.07) is 12.3. The number of phenols is 4. The Kier molecular flexibility index (Phi) is 12.6. The van der Waals surface area contributed by atoms with Crippen LogP contribution < -0.4 is 10.6 Å². The van der Waals surface area contributed by atoms with Gasteiger partial charge in [0.2, 0.25) is 17.2 Å². The third-order valence-corrected chi connectivity index (χ3v) is 13.1. The molecule has 1 aromatic heterocycles. The van der Waals surface area contributed by atoms with Crippen LogP contribution in [0.5, 0.6) is 23.0 Å². The number of halogens is 3. The van der Waals surface area contributed by atoms with Gasteiger partial charge in [0.25, 0.3) is 40.5 Å². The molecule has 1 heterocycles. The quantitative estimate of drug-likeness (QED) is 0.0406. The molecule has 7 rings (SSSR count). The molecule has 67 heavy (non-hydrogen) atoms. The van der Waals surface area contributed by atoms with Crippen LogP contribution in [0.2, 0.25) is 15.3 Å². The maximum Gasteiger partial charge on any atom is 0.296 e. The van der Waals surface area contributed by atoms with Crippen LogP contribution in [0.4, 0.5) is 46.0 Å². The Bertz CT molecular complexity index is 3570. The molecule has 6 aromatic carbocycles. The summed E-state index contributed by atoms with van der Waals surface area (Å²) in [7, 11) is -20.1. The number of aromatic nitrogens is 3. The van der Waals surface area contributed by atoms with Gasteiger partial charge in [-0.3, -0.25) is 18.2 Å². The monoisotopic (exact) mass is 1060 g/mol. The van der Waals surface area contributed by atoms with Gasteiger partial charge in [-0.25, -0.2) is 0 Å². The number of phenolic OH excluding ortho intramolecular Hbond substituents is 4. The van der Waals surface area contributed by atoms with Crippen LogP contribution >= 0.6 is 34.8 Å². The van der Waals surface area contributed by atoms with Crippen molar-refractivity contribution in [2.75, 3.05) is 10.6 Å². The number of benzene rings is 6. The zero-order chi connectivity index (χ0) is 49.1. The van der Waals surface area contributed by atoms with Gasteiger partial charge in [-0.2, -0.15) is 48.6 Å². The Balaban J connectivity index is 1.19. The summed E-state index contributed by atoms with van der Waals surface area (Å²) >= 11 is 17.8. The lowest BCUT2D eigenvalue weighted by Crippen LogP contribution is -2.04. The predicted octanol–water partition coefficient (Wildman–Crippen LogP) is 8.27. The molecule has 0 radical (unpaired) electrons. The predicted molar refractivity (Wildman–Crippen MR) is 236 cm³/mol. The fraction of sp³-hybridized carbons (Fsp3) is 0. The van der Waals surface area contributed by atoms with E-state index in [1.165, 1.54) is 36.4 Å². The van der Waals surface area contributed by atoms with E-state index in [0.29, 0.717) is 24.3 Å². The highest BCUT2D eigenvalue weighted by Crippen LogP contribution is 2.46. The van der Waals surface area contributed by atoms with Gasteiger partial charge >= 0.3 is 0 Å². The normalized spacial score (nSPS) is 12.7. The van der Waals surface area contributed by atoms with Gasteiger partial charge in [0, 0.05) is 22.1 Å². The largest absolute Gasteiger partial charge is 0.505 e. The van der Waals surface area contributed by atoms with Crippen molar-refractivity contribution in [2.24, 2.45) is 20.5 Å². The van der Waals surface area contributed by atoms with Gasteiger partial charge in [0.05, 0.1) is 19.8 Å². The topological polar surface area (TPSA) is 411 Å². The SMILES string of the molecule is O=S(=O)(O)c1cc(Cl)c(O)c(N=Nc2c(S(=O)(=O)O)cc3cc(Nc4nc(Cl)nc(Nc5ccc6c(O)c(N=Nc7cc(S(=O)(=O)O)cc(Cl)c7O)c(S(=O)(=O)O)cc6c5)n4)ccc3c2O)c1. The molecule has 0 unspecified atom stereocenters.